The summed E-state index contributed by atoms with van der Waals surface area (Å²) in [6.45, 7) is 0.193. The number of rotatable bonds is 4. The fourth-order valence-corrected chi connectivity index (χ4v) is 5.12. The monoisotopic (exact) mass is 425 g/mol. The first-order valence-electron chi connectivity index (χ1n) is 10.7. The molecule has 7 rings (SSSR count). The third kappa shape index (κ3) is 2.57. The maximum Gasteiger partial charge on any atom is 0.280 e. The van der Waals surface area contributed by atoms with Crippen molar-refractivity contribution in [1.82, 2.24) is 29.2 Å². The van der Waals surface area contributed by atoms with Crippen molar-refractivity contribution in [2.24, 2.45) is 23.9 Å². The van der Waals surface area contributed by atoms with Crippen molar-refractivity contribution in [3.63, 3.8) is 0 Å². The molecule has 158 valence electrons. The van der Waals surface area contributed by atoms with Gasteiger partial charge in [-0.15, -0.1) is 0 Å². The molecule has 1 fully saturated rings. The summed E-state index contributed by atoms with van der Waals surface area (Å²) in [5.41, 5.74) is 5.75. The first-order chi connectivity index (χ1) is 15.7. The Bertz CT molecular complexity index is 1520. The van der Waals surface area contributed by atoms with E-state index in [1.54, 1.807) is 17.9 Å². The number of imidazole rings is 1. The molecule has 2 aliphatic carbocycles. The highest BCUT2D eigenvalue weighted by Crippen LogP contribution is 2.62. The van der Waals surface area contributed by atoms with E-state index in [1.807, 2.05) is 6.21 Å². The number of allylic oxidation sites excluding steroid dienone is 2. The van der Waals surface area contributed by atoms with Crippen molar-refractivity contribution in [3.8, 4) is 0 Å². The van der Waals surface area contributed by atoms with E-state index in [4.69, 9.17) is 4.52 Å². The Morgan fingerprint density at radius 1 is 1.22 bits per heavy atom. The first-order valence-corrected chi connectivity index (χ1v) is 10.7. The van der Waals surface area contributed by atoms with E-state index in [9.17, 15) is 4.79 Å². The van der Waals surface area contributed by atoms with Gasteiger partial charge in [-0.3, -0.25) is 14.4 Å². The summed E-state index contributed by atoms with van der Waals surface area (Å²) in [5, 5.41) is 4.21. The molecule has 0 N–H and O–H groups in total. The van der Waals surface area contributed by atoms with Gasteiger partial charge < -0.3 is 9.09 Å². The third-order valence-electron chi connectivity index (χ3n) is 6.86. The molecule has 3 atom stereocenters. The number of aromatic nitrogens is 6. The minimum Gasteiger partial charge on any atom is -0.337 e. The maximum atomic E-state index is 12.7. The van der Waals surface area contributed by atoms with Gasteiger partial charge in [0.2, 0.25) is 5.89 Å². The van der Waals surface area contributed by atoms with Crippen LogP contribution in [0.1, 0.15) is 35.2 Å². The van der Waals surface area contributed by atoms with Gasteiger partial charge in [-0.25, -0.2) is 9.97 Å². The zero-order valence-electron chi connectivity index (χ0n) is 17.3. The molecule has 32 heavy (non-hydrogen) atoms. The van der Waals surface area contributed by atoms with Crippen molar-refractivity contribution in [1.29, 1.82) is 0 Å². The van der Waals surface area contributed by atoms with Crippen molar-refractivity contribution in [2.45, 2.75) is 25.3 Å². The molecule has 3 aliphatic rings. The molecule has 9 nitrogen and oxygen atoms in total. The Kier molecular flexibility index (Phi) is 3.51. The summed E-state index contributed by atoms with van der Waals surface area (Å²) in [5.74, 6) is 2.39. The SMILES string of the molecule is Cn1cnc2ncn(Cc3nc([C@@H]4[C@H]5C=C(c6ccc7c(c6)N=CC7)C[C@H]54)no3)c(=O)c21. The van der Waals surface area contributed by atoms with E-state index < -0.39 is 0 Å². The second-order valence-corrected chi connectivity index (χ2v) is 8.77. The average molecular weight is 425 g/mol. The Labute approximate surface area is 182 Å². The molecular formula is C23H19N7O2. The quantitative estimate of drug-likeness (QED) is 0.498. The van der Waals surface area contributed by atoms with Crippen LogP contribution in [0.4, 0.5) is 5.69 Å². The molecular weight excluding hydrogens is 406 g/mol. The fraction of sp³-hybridized carbons (Fsp3) is 0.304. The Balaban J connectivity index is 1.10. The molecule has 1 aromatic carbocycles. The minimum atomic E-state index is -0.177. The second-order valence-electron chi connectivity index (χ2n) is 8.77. The predicted molar refractivity (Wildman–Crippen MR) is 117 cm³/mol. The fourth-order valence-electron chi connectivity index (χ4n) is 5.12. The summed E-state index contributed by atoms with van der Waals surface area (Å²) in [7, 11) is 1.77. The third-order valence-corrected chi connectivity index (χ3v) is 6.86. The molecule has 4 aromatic rings. The van der Waals surface area contributed by atoms with Gasteiger partial charge in [-0.05, 0) is 41.0 Å². The van der Waals surface area contributed by atoms with Gasteiger partial charge in [-0.2, -0.15) is 4.98 Å². The van der Waals surface area contributed by atoms with Crippen molar-refractivity contribution < 1.29 is 4.52 Å². The van der Waals surface area contributed by atoms with Gasteiger partial charge in [0.25, 0.3) is 5.56 Å². The summed E-state index contributed by atoms with van der Waals surface area (Å²) >= 11 is 0. The van der Waals surface area contributed by atoms with Gasteiger partial charge in [0.15, 0.2) is 17.0 Å². The van der Waals surface area contributed by atoms with Gasteiger partial charge in [-0.1, -0.05) is 23.4 Å². The van der Waals surface area contributed by atoms with Gasteiger partial charge in [0, 0.05) is 25.6 Å². The zero-order valence-corrected chi connectivity index (χ0v) is 17.3. The number of aryl methyl sites for hydroxylation is 1. The topological polar surface area (TPSA) is 104 Å². The largest absolute Gasteiger partial charge is 0.337 e. The summed E-state index contributed by atoms with van der Waals surface area (Å²) < 4.78 is 8.61. The van der Waals surface area contributed by atoms with Crippen LogP contribution in [0.3, 0.4) is 0 Å². The van der Waals surface area contributed by atoms with Crippen LogP contribution in [0.25, 0.3) is 16.7 Å². The molecule has 0 spiro atoms. The van der Waals surface area contributed by atoms with Crippen LogP contribution in [0.15, 0.2) is 51.2 Å². The van der Waals surface area contributed by atoms with Gasteiger partial charge in [0.1, 0.15) is 12.9 Å². The molecule has 0 saturated heterocycles. The number of hydrogen-bond donors (Lipinski definition) is 0. The molecule has 1 saturated carbocycles. The number of hydrogen-bond acceptors (Lipinski definition) is 7. The summed E-state index contributed by atoms with van der Waals surface area (Å²) in [6.07, 6.45) is 9.33. The van der Waals surface area contributed by atoms with Crippen LogP contribution in [0, 0.1) is 11.8 Å². The van der Waals surface area contributed by atoms with Crippen LogP contribution in [0.5, 0.6) is 0 Å². The lowest BCUT2D eigenvalue weighted by Gasteiger charge is -2.07. The van der Waals surface area contributed by atoms with E-state index in [0.717, 1.165) is 24.4 Å². The lowest BCUT2D eigenvalue weighted by atomic mass is 9.98. The zero-order chi connectivity index (χ0) is 21.4. The van der Waals surface area contributed by atoms with Crippen molar-refractivity contribution in [2.75, 3.05) is 0 Å². The van der Waals surface area contributed by atoms with Gasteiger partial charge in [0.05, 0.1) is 12.0 Å². The first kappa shape index (κ1) is 17.8. The number of aliphatic imine (C=N–C) groups is 1. The minimum absolute atomic E-state index is 0.177. The molecule has 0 unspecified atom stereocenters. The molecule has 0 bridgehead atoms. The smallest absolute Gasteiger partial charge is 0.280 e. The molecule has 4 heterocycles. The highest BCUT2D eigenvalue weighted by molar-refractivity contribution is 5.80. The Morgan fingerprint density at radius 2 is 2.12 bits per heavy atom. The number of nitrogens with zero attached hydrogens (tertiary/aromatic N) is 7. The van der Waals surface area contributed by atoms with Crippen LogP contribution in [-0.4, -0.2) is 35.5 Å². The van der Waals surface area contributed by atoms with Crippen molar-refractivity contribution >= 4 is 28.6 Å². The van der Waals surface area contributed by atoms with Gasteiger partial charge >= 0.3 is 0 Å². The molecule has 0 radical (unpaired) electrons. The van der Waals surface area contributed by atoms with E-state index >= 15 is 0 Å². The Hall–Kier alpha value is -3.88. The lowest BCUT2D eigenvalue weighted by molar-refractivity contribution is 0.364. The van der Waals surface area contributed by atoms with Crippen LogP contribution in [-0.2, 0) is 20.0 Å². The summed E-state index contributed by atoms with van der Waals surface area (Å²) in [6, 6.07) is 6.59. The standard InChI is InChI=1S/C23H19N7O2/c1-29-10-25-22-20(29)23(31)30(11-26-22)9-18-27-21(28-32-18)19-15-6-14(7-16(15)19)13-3-2-12-4-5-24-17(12)8-13/h2-3,5-6,8,10-11,15-16,19H,4,7,9H2,1H3/t15-,16+,19+/m0/s1. The highest BCUT2D eigenvalue weighted by atomic mass is 16.5. The molecule has 1 aliphatic heterocycles. The predicted octanol–water partition coefficient (Wildman–Crippen LogP) is 2.64. The van der Waals surface area contributed by atoms with E-state index in [2.05, 4.69) is 49.4 Å². The molecule has 0 amide bonds. The molecule has 9 heteroatoms. The number of benzene rings is 1. The highest BCUT2D eigenvalue weighted by Gasteiger charge is 2.55. The summed E-state index contributed by atoms with van der Waals surface area (Å²) in [4.78, 5) is 30.1. The second kappa shape index (κ2) is 6.32. The van der Waals surface area contributed by atoms with Crippen LogP contribution >= 0.6 is 0 Å². The van der Waals surface area contributed by atoms with Crippen molar-refractivity contribution in [3.05, 3.63) is 70.1 Å². The van der Waals surface area contributed by atoms with Crippen LogP contribution in [0.2, 0.25) is 0 Å². The number of fused-ring (bicyclic) bond motifs is 3. The average Bonchev–Trinajstić information content (AvgIpc) is 3.38. The van der Waals surface area contributed by atoms with E-state index in [0.29, 0.717) is 28.9 Å². The lowest BCUT2D eigenvalue weighted by Crippen LogP contribution is -2.22. The Morgan fingerprint density at radius 3 is 3.00 bits per heavy atom. The normalized spacial score (nSPS) is 22.9. The van der Waals surface area contributed by atoms with Crippen LogP contribution < -0.4 is 5.56 Å². The van der Waals surface area contributed by atoms with E-state index in [1.165, 1.54) is 27.6 Å². The maximum absolute atomic E-state index is 12.7. The van der Waals surface area contributed by atoms with E-state index in [-0.39, 0.29) is 18.0 Å². The molecule has 3 aromatic heterocycles.